The molecule has 1 aliphatic carbocycles. The summed E-state index contributed by atoms with van der Waals surface area (Å²) in [5.74, 6) is 0.511. The van der Waals surface area contributed by atoms with Crippen molar-refractivity contribution >= 4 is 10.0 Å². The van der Waals surface area contributed by atoms with Gasteiger partial charge in [-0.15, -0.1) is 0 Å². The first kappa shape index (κ1) is 13.9. The number of rotatable bonds is 5. The predicted octanol–water partition coefficient (Wildman–Crippen LogP) is 1.26. The van der Waals surface area contributed by atoms with Crippen LogP contribution in [-0.4, -0.2) is 31.4 Å². The molecule has 16 heavy (non-hydrogen) atoms. The average Bonchev–Trinajstić information content (AvgIpc) is 2.15. The van der Waals surface area contributed by atoms with Crippen LogP contribution in [0.25, 0.3) is 0 Å². The molecule has 1 saturated carbocycles. The summed E-state index contributed by atoms with van der Waals surface area (Å²) in [6.45, 7) is 3.27. The first-order chi connectivity index (χ1) is 7.29. The molecule has 0 aromatic carbocycles. The summed E-state index contributed by atoms with van der Waals surface area (Å²) >= 11 is 0. The van der Waals surface area contributed by atoms with Gasteiger partial charge in [-0.25, -0.2) is 13.1 Å². The molecule has 0 saturated heterocycles. The molecule has 2 N–H and O–H groups in total. The second kappa shape index (κ2) is 5.47. The Morgan fingerprint density at radius 3 is 2.31 bits per heavy atom. The SMILES string of the molecule is CC(C)(O)CNS(=O)(=O)CC1CCCCC1. The van der Waals surface area contributed by atoms with E-state index in [1.165, 1.54) is 6.42 Å². The van der Waals surface area contributed by atoms with E-state index in [1.54, 1.807) is 13.8 Å². The minimum atomic E-state index is -3.22. The Labute approximate surface area is 98.5 Å². The standard InChI is InChI=1S/C11H23NO3S/c1-11(2,13)9-12-16(14,15)8-10-6-4-3-5-7-10/h10,12-13H,3-9H2,1-2H3. The zero-order valence-corrected chi connectivity index (χ0v) is 11.0. The Kier molecular flexibility index (Phi) is 4.76. The van der Waals surface area contributed by atoms with Crippen molar-refractivity contribution in [3.8, 4) is 0 Å². The molecule has 0 unspecified atom stereocenters. The highest BCUT2D eigenvalue weighted by Crippen LogP contribution is 2.24. The van der Waals surface area contributed by atoms with E-state index in [4.69, 9.17) is 0 Å². The van der Waals surface area contributed by atoms with Gasteiger partial charge in [-0.3, -0.25) is 0 Å². The lowest BCUT2D eigenvalue weighted by atomic mass is 9.91. The largest absolute Gasteiger partial charge is 0.389 e. The molecule has 0 atom stereocenters. The molecule has 4 nitrogen and oxygen atoms in total. The fraction of sp³-hybridized carbons (Fsp3) is 1.00. The highest BCUT2D eigenvalue weighted by Gasteiger charge is 2.23. The maximum Gasteiger partial charge on any atom is 0.211 e. The summed E-state index contributed by atoms with van der Waals surface area (Å²) in [7, 11) is -3.22. The molecule has 0 radical (unpaired) electrons. The lowest BCUT2D eigenvalue weighted by Gasteiger charge is -2.23. The van der Waals surface area contributed by atoms with Crippen LogP contribution in [0.15, 0.2) is 0 Å². The molecule has 0 aromatic heterocycles. The van der Waals surface area contributed by atoms with Crippen molar-refractivity contribution in [2.75, 3.05) is 12.3 Å². The second-order valence-electron chi connectivity index (χ2n) is 5.42. The van der Waals surface area contributed by atoms with Crippen LogP contribution >= 0.6 is 0 Å². The predicted molar refractivity (Wildman–Crippen MR) is 64.7 cm³/mol. The molecule has 1 aliphatic rings. The Morgan fingerprint density at radius 2 is 1.81 bits per heavy atom. The third-order valence-electron chi connectivity index (χ3n) is 2.90. The maximum atomic E-state index is 11.7. The van der Waals surface area contributed by atoms with Gasteiger partial charge in [-0.05, 0) is 32.6 Å². The fourth-order valence-corrected chi connectivity index (χ4v) is 3.65. The summed E-state index contributed by atoms with van der Waals surface area (Å²) in [6, 6.07) is 0. The van der Waals surface area contributed by atoms with Gasteiger partial charge < -0.3 is 5.11 Å². The Hall–Kier alpha value is -0.130. The van der Waals surface area contributed by atoms with Crippen molar-refractivity contribution < 1.29 is 13.5 Å². The molecule has 96 valence electrons. The second-order valence-corrected chi connectivity index (χ2v) is 7.27. The number of nitrogens with one attached hydrogen (secondary N) is 1. The topological polar surface area (TPSA) is 66.4 Å². The van der Waals surface area contributed by atoms with Crippen molar-refractivity contribution in [3.63, 3.8) is 0 Å². The van der Waals surface area contributed by atoms with E-state index in [-0.39, 0.29) is 12.3 Å². The molecular weight excluding hydrogens is 226 g/mol. The molecule has 0 heterocycles. The summed E-state index contributed by atoms with van der Waals surface area (Å²) in [5, 5.41) is 9.46. The van der Waals surface area contributed by atoms with Crippen LogP contribution in [0.4, 0.5) is 0 Å². The third-order valence-corrected chi connectivity index (χ3v) is 4.40. The molecule has 5 heteroatoms. The van der Waals surface area contributed by atoms with Crippen LogP contribution < -0.4 is 4.72 Å². The van der Waals surface area contributed by atoms with Crippen LogP contribution in [-0.2, 0) is 10.0 Å². The van der Waals surface area contributed by atoms with E-state index < -0.39 is 15.6 Å². The molecule has 1 rings (SSSR count). The summed E-state index contributed by atoms with van der Waals surface area (Å²) in [4.78, 5) is 0. The van der Waals surface area contributed by atoms with E-state index in [9.17, 15) is 13.5 Å². The summed E-state index contributed by atoms with van der Waals surface area (Å²) in [6.07, 6.45) is 5.55. The quantitative estimate of drug-likeness (QED) is 0.771. The van der Waals surface area contributed by atoms with Gasteiger partial charge in [0.2, 0.25) is 10.0 Å². The smallest absolute Gasteiger partial charge is 0.211 e. The zero-order chi connectivity index (χ0) is 12.2. The average molecular weight is 249 g/mol. The Balaban J connectivity index is 2.38. The van der Waals surface area contributed by atoms with Crippen molar-refractivity contribution in [2.45, 2.75) is 51.6 Å². The van der Waals surface area contributed by atoms with Gasteiger partial charge in [0.05, 0.1) is 11.4 Å². The van der Waals surface area contributed by atoms with Crippen LogP contribution in [0, 0.1) is 5.92 Å². The van der Waals surface area contributed by atoms with Crippen LogP contribution in [0.1, 0.15) is 46.0 Å². The molecule has 0 bridgehead atoms. The van der Waals surface area contributed by atoms with Crippen LogP contribution in [0.5, 0.6) is 0 Å². The van der Waals surface area contributed by atoms with Gasteiger partial charge in [-0.2, -0.15) is 0 Å². The number of hydrogen-bond acceptors (Lipinski definition) is 3. The highest BCUT2D eigenvalue weighted by atomic mass is 32.2. The molecular formula is C11H23NO3S. The number of sulfonamides is 1. The van der Waals surface area contributed by atoms with E-state index in [1.807, 2.05) is 0 Å². The Bertz CT molecular complexity index is 300. The summed E-state index contributed by atoms with van der Waals surface area (Å²) in [5.41, 5.74) is -0.986. The fourth-order valence-electron chi connectivity index (χ4n) is 2.01. The van der Waals surface area contributed by atoms with Gasteiger partial charge in [0.1, 0.15) is 0 Å². The molecule has 0 amide bonds. The maximum absolute atomic E-state index is 11.7. The van der Waals surface area contributed by atoms with Gasteiger partial charge in [-0.1, -0.05) is 19.3 Å². The van der Waals surface area contributed by atoms with Crippen molar-refractivity contribution in [2.24, 2.45) is 5.92 Å². The Morgan fingerprint density at radius 1 is 1.25 bits per heavy atom. The van der Waals surface area contributed by atoms with Crippen molar-refractivity contribution in [1.29, 1.82) is 0 Å². The van der Waals surface area contributed by atoms with Crippen molar-refractivity contribution in [3.05, 3.63) is 0 Å². The minimum Gasteiger partial charge on any atom is -0.389 e. The van der Waals surface area contributed by atoms with Crippen LogP contribution in [0.3, 0.4) is 0 Å². The highest BCUT2D eigenvalue weighted by molar-refractivity contribution is 7.89. The van der Waals surface area contributed by atoms with Gasteiger partial charge in [0.25, 0.3) is 0 Å². The number of aliphatic hydroxyl groups is 1. The monoisotopic (exact) mass is 249 g/mol. The van der Waals surface area contributed by atoms with E-state index in [2.05, 4.69) is 4.72 Å². The van der Waals surface area contributed by atoms with Gasteiger partial charge in [0.15, 0.2) is 0 Å². The molecule has 1 fully saturated rings. The van der Waals surface area contributed by atoms with Gasteiger partial charge in [0, 0.05) is 6.54 Å². The zero-order valence-electron chi connectivity index (χ0n) is 10.2. The van der Waals surface area contributed by atoms with Crippen LogP contribution in [0.2, 0.25) is 0 Å². The van der Waals surface area contributed by atoms with E-state index >= 15 is 0 Å². The molecule has 0 aliphatic heterocycles. The van der Waals surface area contributed by atoms with E-state index in [0.29, 0.717) is 5.92 Å². The first-order valence-corrected chi connectivity index (χ1v) is 7.63. The minimum absolute atomic E-state index is 0.0854. The lowest BCUT2D eigenvalue weighted by Crippen LogP contribution is -2.40. The third kappa shape index (κ3) is 5.82. The van der Waals surface area contributed by atoms with Crippen molar-refractivity contribution in [1.82, 2.24) is 4.72 Å². The lowest BCUT2D eigenvalue weighted by molar-refractivity contribution is 0.0856. The number of hydrogen-bond donors (Lipinski definition) is 2. The normalized spacial score (nSPS) is 19.9. The molecule has 0 aromatic rings. The van der Waals surface area contributed by atoms with Gasteiger partial charge >= 0.3 is 0 Å². The summed E-state index contributed by atoms with van der Waals surface area (Å²) < 4.78 is 25.9. The van der Waals surface area contributed by atoms with E-state index in [0.717, 1.165) is 25.7 Å². The molecule has 0 spiro atoms. The first-order valence-electron chi connectivity index (χ1n) is 5.98.